The van der Waals surface area contributed by atoms with Gasteiger partial charge < -0.3 is 5.73 Å². The molecule has 3 rings (SSSR count). The van der Waals surface area contributed by atoms with Gasteiger partial charge in [0.25, 0.3) is 0 Å². The van der Waals surface area contributed by atoms with Crippen molar-refractivity contribution < 1.29 is 0 Å². The summed E-state index contributed by atoms with van der Waals surface area (Å²) in [6, 6.07) is 12.5. The quantitative estimate of drug-likeness (QED) is 0.616. The van der Waals surface area contributed by atoms with Crippen LogP contribution in [-0.2, 0) is 6.42 Å². The molecule has 1 fully saturated rings. The maximum Gasteiger partial charge on any atom is 0.130 e. The Labute approximate surface area is 159 Å². The van der Waals surface area contributed by atoms with E-state index in [1.165, 1.54) is 24.8 Å². The van der Waals surface area contributed by atoms with Crippen molar-refractivity contribution in [2.75, 3.05) is 0 Å². The van der Waals surface area contributed by atoms with Crippen LogP contribution in [-0.4, -0.2) is 16.9 Å². The second kappa shape index (κ2) is 8.86. The van der Waals surface area contributed by atoms with Gasteiger partial charge in [-0.1, -0.05) is 56.1 Å². The second-order valence-corrected chi connectivity index (χ2v) is 7.55. The zero-order chi connectivity index (χ0) is 18.4. The molecule has 4 nitrogen and oxygen atoms in total. The fourth-order valence-corrected chi connectivity index (χ4v) is 4.46. The van der Waals surface area contributed by atoms with Crippen molar-refractivity contribution in [1.29, 1.82) is 5.26 Å². The van der Waals surface area contributed by atoms with E-state index >= 15 is 0 Å². The first-order valence-corrected chi connectivity index (χ1v) is 10.0. The van der Waals surface area contributed by atoms with Gasteiger partial charge >= 0.3 is 0 Å². The molecule has 2 N–H and O–H groups in total. The van der Waals surface area contributed by atoms with Crippen LogP contribution in [0.25, 0.3) is 0 Å². The summed E-state index contributed by atoms with van der Waals surface area (Å²) < 4.78 is 0. The van der Waals surface area contributed by atoms with E-state index in [-0.39, 0.29) is 6.04 Å². The first-order valence-electron chi connectivity index (χ1n) is 9.21. The molecular formula is C21H24N4S. The molecule has 0 aliphatic heterocycles. The normalized spacial score (nSPS) is 15.6. The lowest BCUT2D eigenvalue weighted by molar-refractivity contribution is 0.443. The summed E-state index contributed by atoms with van der Waals surface area (Å²) in [6.45, 7) is 2.14. The van der Waals surface area contributed by atoms with Crippen molar-refractivity contribution in [1.82, 2.24) is 4.98 Å². The molecule has 5 heteroatoms. The van der Waals surface area contributed by atoms with E-state index in [4.69, 9.17) is 10.7 Å². The fraction of sp³-hybridized carbons (Fsp3) is 0.381. The van der Waals surface area contributed by atoms with Crippen LogP contribution >= 0.6 is 11.8 Å². The summed E-state index contributed by atoms with van der Waals surface area (Å²) in [4.78, 5) is 10.4. The number of nitriles is 1. The van der Waals surface area contributed by atoms with E-state index in [2.05, 4.69) is 30.1 Å². The molecule has 1 aromatic heterocycles. The van der Waals surface area contributed by atoms with Crippen molar-refractivity contribution in [3.05, 3.63) is 53.2 Å². The third kappa shape index (κ3) is 4.25. The van der Waals surface area contributed by atoms with Crippen molar-refractivity contribution in [3.8, 4) is 6.07 Å². The minimum absolute atomic E-state index is 0.260. The number of amidine groups is 1. The van der Waals surface area contributed by atoms with E-state index in [1.54, 1.807) is 24.0 Å². The predicted octanol–water partition coefficient (Wildman–Crippen LogP) is 4.70. The lowest BCUT2D eigenvalue weighted by atomic mass is 9.96. The summed E-state index contributed by atoms with van der Waals surface area (Å²) >= 11 is 1.56. The number of nitrogens with zero attached hydrogens (tertiary/aromatic N) is 3. The Morgan fingerprint density at radius 2 is 2.04 bits per heavy atom. The van der Waals surface area contributed by atoms with Gasteiger partial charge in [-0.05, 0) is 37.0 Å². The summed E-state index contributed by atoms with van der Waals surface area (Å²) in [5.41, 5.74) is 8.85. The molecule has 1 aromatic carbocycles. The van der Waals surface area contributed by atoms with Crippen LogP contribution in [0.1, 0.15) is 55.7 Å². The Kier molecular flexibility index (Phi) is 6.30. The minimum atomic E-state index is 0.260. The highest BCUT2D eigenvalue weighted by molar-refractivity contribution is 7.99. The molecule has 0 radical (unpaired) electrons. The van der Waals surface area contributed by atoms with Gasteiger partial charge in [0.2, 0.25) is 0 Å². The van der Waals surface area contributed by atoms with Crippen LogP contribution < -0.4 is 5.73 Å². The van der Waals surface area contributed by atoms with Crippen LogP contribution in [0.4, 0.5) is 0 Å². The topological polar surface area (TPSA) is 75.1 Å². The second-order valence-electron chi connectivity index (χ2n) is 6.52. The van der Waals surface area contributed by atoms with Gasteiger partial charge in [0.1, 0.15) is 16.9 Å². The highest BCUT2D eigenvalue weighted by atomic mass is 32.2. The van der Waals surface area contributed by atoms with Crippen molar-refractivity contribution in [2.45, 2.75) is 61.4 Å². The van der Waals surface area contributed by atoms with Gasteiger partial charge in [0.05, 0.1) is 17.2 Å². The van der Waals surface area contributed by atoms with Crippen LogP contribution in [0, 0.1) is 11.3 Å². The van der Waals surface area contributed by atoms with Gasteiger partial charge in [0.15, 0.2) is 0 Å². The minimum Gasteiger partial charge on any atom is -0.383 e. The predicted molar refractivity (Wildman–Crippen MR) is 106 cm³/mol. The molecule has 0 bridgehead atoms. The standard InChI is InChI=1S/C21H24N4S/c1-2-15-8-6-7-11-18(15)26-21-19(16(14-22)12-13-24-21)20(23)25-17-9-4-3-5-10-17/h6-8,11-13,17H,2-5,9-10H2,1H3,(H2,23,25). The van der Waals surface area contributed by atoms with E-state index < -0.39 is 0 Å². The van der Waals surface area contributed by atoms with E-state index in [1.807, 2.05) is 12.1 Å². The van der Waals surface area contributed by atoms with Crippen molar-refractivity contribution in [3.63, 3.8) is 0 Å². The Morgan fingerprint density at radius 1 is 1.27 bits per heavy atom. The molecule has 0 saturated heterocycles. The molecule has 0 spiro atoms. The Morgan fingerprint density at radius 3 is 2.77 bits per heavy atom. The number of aromatic nitrogens is 1. The number of pyridine rings is 1. The molecule has 0 amide bonds. The zero-order valence-corrected chi connectivity index (χ0v) is 15.9. The summed E-state index contributed by atoms with van der Waals surface area (Å²) in [6.07, 6.45) is 8.44. The molecule has 1 saturated carbocycles. The number of nitrogens with two attached hydrogens (primary N) is 1. The van der Waals surface area contributed by atoms with Crippen molar-refractivity contribution in [2.24, 2.45) is 10.7 Å². The Hall–Kier alpha value is -2.32. The molecule has 1 aliphatic rings. The van der Waals surface area contributed by atoms with Gasteiger partial charge in [-0.15, -0.1) is 0 Å². The van der Waals surface area contributed by atoms with Gasteiger partial charge in [-0.2, -0.15) is 5.26 Å². The monoisotopic (exact) mass is 364 g/mol. The zero-order valence-electron chi connectivity index (χ0n) is 15.1. The number of benzene rings is 1. The fourth-order valence-electron chi connectivity index (χ4n) is 3.33. The van der Waals surface area contributed by atoms with Crippen LogP contribution in [0.3, 0.4) is 0 Å². The largest absolute Gasteiger partial charge is 0.383 e. The first kappa shape index (κ1) is 18.5. The number of hydrogen-bond acceptors (Lipinski definition) is 4. The molecule has 0 unspecified atom stereocenters. The number of aliphatic imine (C=N–C) groups is 1. The average molecular weight is 365 g/mol. The number of aryl methyl sites for hydroxylation is 1. The highest BCUT2D eigenvalue weighted by Gasteiger charge is 2.18. The van der Waals surface area contributed by atoms with Gasteiger partial charge in [0, 0.05) is 11.1 Å². The maximum absolute atomic E-state index is 9.57. The van der Waals surface area contributed by atoms with Crippen LogP contribution in [0.15, 0.2) is 51.4 Å². The Bertz CT molecular complexity index is 832. The average Bonchev–Trinajstić information content (AvgIpc) is 2.69. The maximum atomic E-state index is 9.57. The van der Waals surface area contributed by atoms with E-state index in [0.717, 1.165) is 29.2 Å². The van der Waals surface area contributed by atoms with Crippen LogP contribution in [0.2, 0.25) is 0 Å². The van der Waals surface area contributed by atoms with E-state index in [0.29, 0.717) is 17.0 Å². The summed E-state index contributed by atoms with van der Waals surface area (Å²) in [5, 5.41) is 10.3. The third-order valence-electron chi connectivity index (χ3n) is 4.75. The highest BCUT2D eigenvalue weighted by Crippen LogP contribution is 2.33. The lowest BCUT2D eigenvalue weighted by Gasteiger charge is -2.19. The van der Waals surface area contributed by atoms with Gasteiger partial charge in [-0.3, -0.25) is 4.99 Å². The molecule has 26 heavy (non-hydrogen) atoms. The van der Waals surface area contributed by atoms with Gasteiger partial charge in [-0.25, -0.2) is 4.98 Å². The first-order chi connectivity index (χ1) is 12.7. The molecule has 0 atom stereocenters. The molecule has 1 aliphatic carbocycles. The number of rotatable bonds is 5. The molecule has 134 valence electrons. The van der Waals surface area contributed by atoms with E-state index in [9.17, 15) is 5.26 Å². The SMILES string of the molecule is CCc1ccccc1Sc1nccc(C#N)c1C(N)=NC1CCCCC1. The van der Waals surface area contributed by atoms with Crippen LogP contribution in [0.5, 0.6) is 0 Å². The Balaban J connectivity index is 1.98. The smallest absolute Gasteiger partial charge is 0.130 e. The molecule has 1 heterocycles. The summed E-state index contributed by atoms with van der Waals surface area (Å²) in [7, 11) is 0. The van der Waals surface area contributed by atoms with Crippen molar-refractivity contribution >= 4 is 17.6 Å². The molecule has 2 aromatic rings. The third-order valence-corrected chi connectivity index (χ3v) is 5.87. The lowest BCUT2D eigenvalue weighted by Crippen LogP contribution is -2.22. The number of hydrogen-bond donors (Lipinski definition) is 1. The molecular weight excluding hydrogens is 340 g/mol. The summed E-state index contributed by atoms with van der Waals surface area (Å²) in [5.74, 6) is 0.443.